The van der Waals surface area contributed by atoms with Gasteiger partial charge >= 0.3 is 0 Å². The first kappa shape index (κ1) is 19.5. The quantitative estimate of drug-likeness (QED) is 0.728. The number of hydrogen-bond acceptors (Lipinski definition) is 3. The molecule has 26 heavy (non-hydrogen) atoms. The molecule has 138 valence electrons. The number of benzene rings is 2. The van der Waals surface area contributed by atoms with Crippen LogP contribution in [-0.2, 0) is 22.6 Å². The number of carbonyl (C=O) groups excluding carboxylic acids is 2. The maximum atomic E-state index is 12.5. The van der Waals surface area contributed by atoms with Gasteiger partial charge in [0.05, 0.1) is 13.5 Å². The third-order valence-electron chi connectivity index (χ3n) is 4.04. The summed E-state index contributed by atoms with van der Waals surface area (Å²) in [6, 6.07) is 16.5. The van der Waals surface area contributed by atoms with Crippen LogP contribution in [0, 0.1) is 0 Å². The zero-order chi connectivity index (χ0) is 18.8. The van der Waals surface area contributed by atoms with Crippen LogP contribution >= 0.6 is 0 Å². The molecule has 1 unspecified atom stereocenters. The molecule has 0 saturated carbocycles. The Kier molecular flexibility index (Phi) is 7.68. The molecule has 0 aliphatic rings. The average Bonchev–Trinajstić information content (AvgIpc) is 2.66. The Hall–Kier alpha value is -2.82. The van der Waals surface area contributed by atoms with Crippen molar-refractivity contribution in [3.8, 4) is 5.75 Å². The fourth-order valence-corrected chi connectivity index (χ4v) is 2.68. The van der Waals surface area contributed by atoms with Crippen LogP contribution in [0.2, 0.25) is 0 Å². The molecule has 0 saturated heterocycles. The molecule has 0 bridgehead atoms. The molecule has 0 aromatic heterocycles. The highest BCUT2D eigenvalue weighted by molar-refractivity contribution is 5.88. The summed E-state index contributed by atoms with van der Waals surface area (Å²) in [5.74, 6) is 0.431. The molecule has 2 rings (SSSR count). The van der Waals surface area contributed by atoms with Gasteiger partial charge in [-0.25, -0.2) is 0 Å². The molecule has 1 atom stereocenters. The molecular weight excluding hydrogens is 328 g/mol. The van der Waals surface area contributed by atoms with Crippen molar-refractivity contribution in [3.05, 3.63) is 65.7 Å². The van der Waals surface area contributed by atoms with Gasteiger partial charge in [-0.05, 0) is 29.7 Å². The minimum atomic E-state index is -0.526. The van der Waals surface area contributed by atoms with Gasteiger partial charge in [-0.15, -0.1) is 0 Å². The van der Waals surface area contributed by atoms with Crippen molar-refractivity contribution in [2.45, 2.75) is 38.8 Å². The summed E-state index contributed by atoms with van der Waals surface area (Å²) < 4.78 is 5.19. The lowest BCUT2D eigenvalue weighted by Crippen LogP contribution is -2.46. The largest absolute Gasteiger partial charge is 0.497 e. The topological polar surface area (TPSA) is 67.4 Å². The summed E-state index contributed by atoms with van der Waals surface area (Å²) in [5.41, 5.74) is 1.88. The zero-order valence-electron chi connectivity index (χ0n) is 15.3. The van der Waals surface area contributed by atoms with Gasteiger partial charge < -0.3 is 15.4 Å². The third kappa shape index (κ3) is 6.24. The maximum absolute atomic E-state index is 12.5. The van der Waals surface area contributed by atoms with E-state index in [4.69, 9.17) is 4.74 Å². The Morgan fingerprint density at radius 1 is 1.04 bits per heavy atom. The summed E-state index contributed by atoms with van der Waals surface area (Å²) in [6.07, 6.45) is 1.68. The van der Waals surface area contributed by atoms with Gasteiger partial charge in [-0.1, -0.05) is 55.8 Å². The Bertz CT molecular complexity index is 716. The lowest BCUT2D eigenvalue weighted by atomic mass is 10.1. The molecule has 0 spiro atoms. The number of methoxy groups -OCH3 is 1. The van der Waals surface area contributed by atoms with Crippen molar-refractivity contribution < 1.29 is 14.3 Å². The molecule has 2 aromatic rings. The fourth-order valence-electron chi connectivity index (χ4n) is 2.68. The van der Waals surface area contributed by atoms with Gasteiger partial charge in [0.25, 0.3) is 0 Å². The minimum Gasteiger partial charge on any atom is -0.497 e. The van der Waals surface area contributed by atoms with Crippen molar-refractivity contribution in [2.24, 2.45) is 0 Å². The molecule has 2 amide bonds. The van der Waals surface area contributed by atoms with E-state index in [1.165, 1.54) is 0 Å². The number of carbonyl (C=O) groups is 2. The van der Waals surface area contributed by atoms with E-state index in [0.29, 0.717) is 13.0 Å². The molecule has 0 fully saturated rings. The van der Waals surface area contributed by atoms with Crippen LogP contribution in [0.1, 0.15) is 30.9 Å². The van der Waals surface area contributed by atoms with E-state index in [-0.39, 0.29) is 18.2 Å². The first-order chi connectivity index (χ1) is 12.6. The summed E-state index contributed by atoms with van der Waals surface area (Å²) in [4.78, 5) is 24.7. The molecule has 2 aromatic carbocycles. The number of hydrogen-bond donors (Lipinski definition) is 2. The van der Waals surface area contributed by atoms with Gasteiger partial charge in [0.2, 0.25) is 11.8 Å². The fraction of sp³-hybridized carbons (Fsp3) is 0.333. The molecule has 0 aliphatic carbocycles. The Labute approximate surface area is 154 Å². The molecule has 2 N–H and O–H groups in total. The average molecular weight is 354 g/mol. The van der Waals surface area contributed by atoms with E-state index in [9.17, 15) is 9.59 Å². The van der Waals surface area contributed by atoms with Crippen molar-refractivity contribution in [1.29, 1.82) is 0 Å². The van der Waals surface area contributed by atoms with Crippen molar-refractivity contribution in [3.63, 3.8) is 0 Å². The molecule has 0 heterocycles. The van der Waals surface area contributed by atoms with Crippen molar-refractivity contribution in [2.75, 3.05) is 7.11 Å². The smallest absolute Gasteiger partial charge is 0.242 e. The number of amides is 2. The van der Waals surface area contributed by atoms with Gasteiger partial charge in [0, 0.05) is 6.54 Å². The monoisotopic (exact) mass is 354 g/mol. The maximum Gasteiger partial charge on any atom is 0.242 e. The lowest BCUT2D eigenvalue weighted by Gasteiger charge is -2.18. The lowest BCUT2D eigenvalue weighted by molar-refractivity contribution is -0.129. The van der Waals surface area contributed by atoms with Crippen LogP contribution < -0.4 is 15.4 Å². The van der Waals surface area contributed by atoms with E-state index in [1.54, 1.807) is 7.11 Å². The van der Waals surface area contributed by atoms with Crippen LogP contribution in [0.5, 0.6) is 5.75 Å². The van der Waals surface area contributed by atoms with E-state index in [0.717, 1.165) is 23.3 Å². The zero-order valence-corrected chi connectivity index (χ0v) is 15.3. The molecule has 0 aliphatic heterocycles. The number of rotatable bonds is 9. The highest BCUT2D eigenvalue weighted by Gasteiger charge is 2.19. The van der Waals surface area contributed by atoms with Crippen LogP contribution in [0.4, 0.5) is 0 Å². The van der Waals surface area contributed by atoms with E-state index >= 15 is 0 Å². The molecular formula is C21H26N2O3. The van der Waals surface area contributed by atoms with Gasteiger partial charge in [-0.2, -0.15) is 0 Å². The predicted molar refractivity (Wildman–Crippen MR) is 102 cm³/mol. The van der Waals surface area contributed by atoms with Crippen LogP contribution in [0.15, 0.2) is 54.6 Å². The van der Waals surface area contributed by atoms with Gasteiger partial charge in [0.15, 0.2) is 0 Å². The Morgan fingerprint density at radius 3 is 2.46 bits per heavy atom. The minimum absolute atomic E-state index is 0.147. The molecule has 5 nitrogen and oxygen atoms in total. The Morgan fingerprint density at radius 2 is 1.77 bits per heavy atom. The first-order valence-corrected chi connectivity index (χ1v) is 8.86. The van der Waals surface area contributed by atoms with Gasteiger partial charge in [0.1, 0.15) is 11.8 Å². The second kappa shape index (κ2) is 10.2. The standard InChI is InChI=1S/C21H26N2O3/c1-3-8-19(23-20(24)14-16-9-5-4-6-10-16)21(25)22-15-17-11-7-12-18(13-17)26-2/h4-7,9-13,19H,3,8,14-15H2,1-2H3,(H,22,25)(H,23,24). The summed E-state index contributed by atoms with van der Waals surface area (Å²) in [7, 11) is 1.61. The predicted octanol–water partition coefficient (Wildman–Crippen LogP) is 2.84. The van der Waals surface area contributed by atoms with Crippen LogP contribution in [0.3, 0.4) is 0 Å². The Balaban J connectivity index is 1.90. The second-order valence-corrected chi connectivity index (χ2v) is 6.14. The summed E-state index contributed by atoms with van der Waals surface area (Å²) >= 11 is 0. The third-order valence-corrected chi connectivity index (χ3v) is 4.04. The summed E-state index contributed by atoms with van der Waals surface area (Å²) in [5, 5.41) is 5.74. The SMILES string of the molecule is CCCC(NC(=O)Cc1ccccc1)C(=O)NCc1cccc(OC)c1. The normalized spacial score (nSPS) is 11.5. The van der Waals surface area contributed by atoms with Gasteiger partial charge in [-0.3, -0.25) is 9.59 Å². The van der Waals surface area contributed by atoms with Crippen LogP contribution in [0.25, 0.3) is 0 Å². The highest BCUT2D eigenvalue weighted by atomic mass is 16.5. The molecule has 5 heteroatoms. The van der Waals surface area contributed by atoms with E-state index in [1.807, 2.05) is 61.5 Å². The second-order valence-electron chi connectivity index (χ2n) is 6.14. The van der Waals surface area contributed by atoms with Crippen LogP contribution in [-0.4, -0.2) is 25.0 Å². The molecule has 0 radical (unpaired) electrons. The van der Waals surface area contributed by atoms with E-state index < -0.39 is 6.04 Å². The highest BCUT2D eigenvalue weighted by Crippen LogP contribution is 2.12. The van der Waals surface area contributed by atoms with E-state index in [2.05, 4.69) is 10.6 Å². The van der Waals surface area contributed by atoms with Crippen molar-refractivity contribution >= 4 is 11.8 Å². The summed E-state index contributed by atoms with van der Waals surface area (Å²) in [6.45, 7) is 2.39. The number of ether oxygens (including phenoxy) is 1. The first-order valence-electron chi connectivity index (χ1n) is 8.86. The van der Waals surface area contributed by atoms with Crippen molar-refractivity contribution in [1.82, 2.24) is 10.6 Å². The number of nitrogens with one attached hydrogen (secondary N) is 2.